The Morgan fingerprint density at radius 1 is 1.17 bits per heavy atom. The van der Waals surface area contributed by atoms with Crippen molar-refractivity contribution >= 4 is 5.69 Å². The zero-order valence-electron chi connectivity index (χ0n) is 8.02. The molecule has 0 amide bonds. The van der Waals surface area contributed by atoms with E-state index in [0.29, 0.717) is 0 Å². The maximum absolute atomic E-state index is 3.10. The first kappa shape index (κ1) is 9.07. The van der Waals surface area contributed by atoms with Crippen molar-refractivity contribution in [3.63, 3.8) is 0 Å². The fourth-order valence-electron chi connectivity index (χ4n) is 1.20. The van der Waals surface area contributed by atoms with Gasteiger partial charge >= 0.3 is 0 Å². The molecule has 0 saturated heterocycles. The molecule has 0 aliphatic carbocycles. The Labute approximate surface area is 74.2 Å². The summed E-state index contributed by atoms with van der Waals surface area (Å²) in [5.74, 6) is 0. The summed E-state index contributed by atoms with van der Waals surface area (Å²) in [4.78, 5) is 1.45. The first-order valence-electron chi connectivity index (χ1n) is 4.28. The monoisotopic (exact) mass is 165 g/mol. The van der Waals surface area contributed by atoms with Crippen LogP contribution in [-0.4, -0.2) is 21.1 Å². The van der Waals surface area contributed by atoms with Crippen LogP contribution in [0.3, 0.4) is 0 Å². The van der Waals surface area contributed by atoms with Crippen LogP contribution in [0.1, 0.15) is 5.56 Å². The summed E-state index contributed by atoms with van der Waals surface area (Å²) in [6.07, 6.45) is 0. The van der Waals surface area contributed by atoms with Gasteiger partial charge in [-0.2, -0.15) is 0 Å². The lowest BCUT2D eigenvalue weighted by atomic mass is 10.2. The lowest BCUT2D eigenvalue weighted by Crippen LogP contribution is -3.04. The SMILES string of the molecule is CNc1ccc(C[NH+](C)C)cc1. The molecule has 0 saturated carbocycles. The van der Waals surface area contributed by atoms with Crippen molar-refractivity contribution in [1.82, 2.24) is 0 Å². The Morgan fingerprint density at radius 3 is 2.17 bits per heavy atom. The number of hydrogen-bond donors (Lipinski definition) is 2. The van der Waals surface area contributed by atoms with Crippen LogP contribution >= 0.6 is 0 Å². The third-order valence-electron chi connectivity index (χ3n) is 1.80. The third kappa shape index (κ3) is 2.55. The van der Waals surface area contributed by atoms with Gasteiger partial charge in [0.05, 0.1) is 14.1 Å². The van der Waals surface area contributed by atoms with Crippen molar-refractivity contribution in [2.45, 2.75) is 6.54 Å². The Kier molecular flexibility index (Phi) is 3.11. The molecular formula is C10H17N2+. The Bertz CT molecular complexity index is 226. The van der Waals surface area contributed by atoms with Gasteiger partial charge in [-0.25, -0.2) is 0 Å². The minimum atomic E-state index is 1.09. The number of rotatable bonds is 3. The van der Waals surface area contributed by atoms with Crippen molar-refractivity contribution in [3.05, 3.63) is 29.8 Å². The largest absolute Gasteiger partial charge is 0.388 e. The molecule has 2 heteroatoms. The topological polar surface area (TPSA) is 16.5 Å². The standard InChI is InChI=1S/C10H16N2/c1-11-10-6-4-9(5-7-10)8-12(2)3/h4-7,11H,8H2,1-3H3/p+1. The first-order chi connectivity index (χ1) is 5.72. The normalized spacial score (nSPS) is 10.3. The fraction of sp³-hybridized carbons (Fsp3) is 0.400. The van der Waals surface area contributed by atoms with Crippen LogP contribution in [0.4, 0.5) is 5.69 Å². The molecule has 0 bridgehead atoms. The van der Waals surface area contributed by atoms with E-state index in [0.717, 1.165) is 6.54 Å². The van der Waals surface area contributed by atoms with Gasteiger partial charge < -0.3 is 10.2 Å². The predicted octanol–water partition coefficient (Wildman–Crippen LogP) is 0.373. The van der Waals surface area contributed by atoms with Crippen LogP contribution in [0.5, 0.6) is 0 Å². The van der Waals surface area contributed by atoms with Crippen LogP contribution in [-0.2, 0) is 6.54 Å². The van der Waals surface area contributed by atoms with E-state index in [2.05, 4.69) is 43.7 Å². The highest BCUT2D eigenvalue weighted by atomic mass is 15.0. The van der Waals surface area contributed by atoms with Crippen molar-refractivity contribution in [2.24, 2.45) is 0 Å². The molecule has 0 aliphatic rings. The highest BCUT2D eigenvalue weighted by Gasteiger charge is 1.96. The Hall–Kier alpha value is -1.02. The molecule has 2 nitrogen and oxygen atoms in total. The van der Waals surface area contributed by atoms with Gasteiger partial charge in [-0.15, -0.1) is 0 Å². The van der Waals surface area contributed by atoms with Gasteiger partial charge in [-0.1, -0.05) is 12.1 Å². The zero-order valence-corrected chi connectivity index (χ0v) is 8.02. The molecular weight excluding hydrogens is 148 g/mol. The highest BCUT2D eigenvalue weighted by Crippen LogP contribution is 2.07. The summed E-state index contributed by atoms with van der Waals surface area (Å²) in [5, 5.41) is 3.10. The highest BCUT2D eigenvalue weighted by molar-refractivity contribution is 5.43. The minimum Gasteiger partial charge on any atom is -0.388 e. The van der Waals surface area contributed by atoms with E-state index < -0.39 is 0 Å². The average molecular weight is 165 g/mol. The summed E-state index contributed by atoms with van der Waals surface area (Å²) < 4.78 is 0. The summed E-state index contributed by atoms with van der Waals surface area (Å²) in [6, 6.07) is 8.55. The van der Waals surface area contributed by atoms with Crippen molar-refractivity contribution in [2.75, 3.05) is 26.5 Å². The van der Waals surface area contributed by atoms with E-state index in [1.165, 1.54) is 16.2 Å². The number of benzene rings is 1. The summed E-state index contributed by atoms with van der Waals surface area (Å²) in [6.45, 7) is 1.09. The lowest BCUT2D eigenvalue weighted by molar-refractivity contribution is -0.872. The molecule has 1 aromatic carbocycles. The number of quaternary nitrogens is 1. The van der Waals surface area contributed by atoms with Gasteiger partial charge in [-0.3, -0.25) is 0 Å². The molecule has 0 atom stereocenters. The fourth-order valence-corrected chi connectivity index (χ4v) is 1.20. The molecule has 1 rings (SSSR count). The smallest absolute Gasteiger partial charge is 0.102 e. The molecule has 12 heavy (non-hydrogen) atoms. The molecule has 0 fully saturated rings. The molecule has 0 aliphatic heterocycles. The molecule has 66 valence electrons. The molecule has 1 aromatic rings. The van der Waals surface area contributed by atoms with Gasteiger partial charge in [0.25, 0.3) is 0 Å². The lowest BCUT2D eigenvalue weighted by Gasteiger charge is -2.07. The average Bonchev–Trinajstić information content (AvgIpc) is 2.05. The quantitative estimate of drug-likeness (QED) is 0.661. The van der Waals surface area contributed by atoms with Crippen molar-refractivity contribution < 1.29 is 4.90 Å². The summed E-state index contributed by atoms with van der Waals surface area (Å²) in [7, 11) is 6.25. The van der Waals surface area contributed by atoms with Crippen molar-refractivity contribution in [1.29, 1.82) is 0 Å². The van der Waals surface area contributed by atoms with E-state index in [9.17, 15) is 0 Å². The number of nitrogens with one attached hydrogen (secondary N) is 2. The van der Waals surface area contributed by atoms with E-state index in [4.69, 9.17) is 0 Å². The van der Waals surface area contributed by atoms with Crippen LogP contribution in [0, 0.1) is 0 Å². The van der Waals surface area contributed by atoms with Crippen LogP contribution in [0.15, 0.2) is 24.3 Å². The molecule has 0 aromatic heterocycles. The summed E-state index contributed by atoms with van der Waals surface area (Å²) in [5.41, 5.74) is 2.56. The van der Waals surface area contributed by atoms with Gasteiger partial charge in [0.2, 0.25) is 0 Å². The molecule has 0 radical (unpaired) electrons. The molecule has 0 unspecified atom stereocenters. The molecule has 0 spiro atoms. The molecule has 2 N–H and O–H groups in total. The first-order valence-corrected chi connectivity index (χ1v) is 4.28. The van der Waals surface area contributed by atoms with Gasteiger partial charge in [0.15, 0.2) is 0 Å². The Balaban J connectivity index is 2.65. The second kappa shape index (κ2) is 4.12. The van der Waals surface area contributed by atoms with E-state index >= 15 is 0 Å². The van der Waals surface area contributed by atoms with Gasteiger partial charge in [-0.05, 0) is 12.1 Å². The maximum atomic E-state index is 3.10. The van der Waals surface area contributed by atoms with Crippen molar-refractivity contribution in [3.8, 4) is 0 Å². The van der Waals surface area contributed by atoms with E-state index in [-0.39, 0.29) is 0 Å². The van der Waals surface area contributed by atoms with E-state index in [1.54, 1.807) is 0 Å². The molecule has 0 heterocycles. The number of anilines is 1. The second-order valence-electron chi connectivity index (χ2n) is 3.33. The second-order valence-corrected chi connectivity index (χ2v) is 3.33. The van der Waals surface area contributed by atoms with E-state index in [1.807, 2.05) is 7.05 Å². The number of hydrogen-bond acceptors (Lipinski definition) is 1. The maximum Gasteiger partial charge on any atom is 0.102 e. The minimum absolute atomic E-state index is 1.09. The third-order valence-corrected chi connectivity index (χ3v) is 1.80. The van der Waals surface area contributed by atoms with Crippen LogP contribution in [0.25, 0.3) is 0 Å². The Morgan fingerprint density at radius 2 is 1.75 bits per heavy atom. The summed E-state index contributed by atoms with van der Waals surface area (Å²) >= 11 is 0. The van der Waals surface area contributed by atoms with Crippen LogP contribution in [0.2, 0.25) is 0 Å². The van der Waals surface area contributed by atoms with Crippen LogP contribution < -0.4 is 10.2 Å². The van der Waals surface area contributed by atoms with Gasteiger partial charge in [0.1, 0.15) is 6.54 Å². The van der Waals surface area contributed by atoms with Gasteiger partial charge in [0, 0.05) is 18.3 Å². The predicted molar refractivity (Wildman–Crippen MR) is 52.5 cm³/mol. The zero-order chi connectivity index (χ0) is 8.97.